The van der Waals surface area contributed by atoms with E-state index in [0.717, 1.165) is 0 Å². The fourth-order valence-corrected chi connectivity index (χ4v) is 10.6. The molecule has 5 aliphatic heterocycles. The van der Waals surface area contributed by atoms with Crippen LogP contribution in [0.15, 0.2) is 123 Å². The smallest absolute Gasteiger partial charge is 0.399 e. The Bertz CT molecular complexity index is 6520. The second-order valence-corrected chi connectivity index (χ2v) is 23.1. The number of hydrogen-bond donors (Lipinski definition) is 0. The van der Waals surface area contributed by atoms with Gasteiger partial charge in [0.05, 0.1) is 98.2 Å². The van der Waals surface area contributed by atoms with Gasteiger partial charge in [-0.05, 0) is 98.9 Å². The molecule has 0 radical (unpaired) electrons. The maximum absolute atomic E-state index is 14.6. The average molecular weight is 1490 g/mol. The third kappa shape index (κ3) is 12.6. The maximum atomic E-state index is 14.6. The first kappa shape index (κ1) is 73.0. The van der Waals surface area contributed by atoms with Crippen LogP contribution < -0.4 is 48.3 Å². The van der Waals surface area contributed by atoms with Gasteiger partial charge in [-0.3, -0.25) is 0 Å². The third-order valence-corrected chi connectivity index (χ3v) is 16.2. The minimum atomic E-state index is -2.42. The van der Waals surface area contributed by atoms with Gasteiger partial charge in [-0.15, -0.1) is 0 Å². The van der Waals surface area contributed by atoms with Crippen LogP contribution in [0, 0.1) is 152 Å². The highest BCUT2D eigenvalue weighted by atomic mass is 35.5. The molecule has 510 valence electrons. The van der Waals surface area contributed by atoms with E-state index in [1.54, 1.807) is 30.3 Å². The van der Waals surface area contributed by atoms with Crippen molar-refractivity contribution in [3.05, 3.63) is 273 Å². The van der Waals surface area contributed by atoms with Crippen LogP contribution in [0.1, 0.15) is 55.5 Å². The van der Waals surface area contributed by atoms with Gasteiger partial charge in [0.15, 0.2) is 105 Å². The average Bonchev–Trinajstić information content (AvgIpc) is 1.59. The Labute approximate surface area is 599 Å². The molecule has 26 nitrogen and oxygen atoms in total. The number of halogens is 13. The van der Waals surface area contributed by atoms with Gasteiger partial charge in [0.25, 0.3) is 0 Å². The van der Waals surface area contributed by atoms with Crippen molar-refractivity contribution in [1.29, 1.82) is 31.6 Å². The predicted octanol–water partition coefficient (Wildman–Crippen LogP) is 8.62. The second kappa shape index (κ2) is 28.3. The molecule has 1 saturated heterocycles. The molecule has 13 rings (SSSR count). The molecule has 6 aromatic carbocycles. The van der Waals surface area contributed by atoms with Gasteiger partial charge < -0.3 is 9.31 Å². The normalized spacial score (nSPS) is 15.2. The Kier molecular flexibility index (Phi) is 19.5. The van der Waals surface area contributed by atoms with Crippen LogP contribution in [-0.4, -0.2) is 48.2 Å². The molecule has 0 unspecified atom stereocenters. The third-order valence-electron chi connectivity index (χ3n) is 15.7. The van der Waals surface area contributed by atoms with Crippen LogP contribution in [0.25, 0.3) is 64.9 Å². The van der Waals surface area contributed by atoms with E-state index in [2.05, 4.69) is 95.3 Å². The predicted molar refractivity (Wildman–Crippen MR) is 340 cm³/mol. The van der Waals surface area contributed by atoms with Gasteiger partial charge in [0.1, 0.15) is 46.4 Å². The lowest BCUT2D eigenvalue weighted by Gasteiger charge is -2.32. The fraction of sp³-hybridized carbons (Fsp3) is 0.0909. The highest BCUT2D eigenvalue weighted by Crippen LogP contribution is 2.38. The van der Waals surface area contributed by atoms with E-state index in [9.17, 15) is 65.0 Å². The topological polar surface area (TPSA) is 355 Å². The molecular weight excluding hydrogens is 1470 g/mol. The Hall–Kier alpha value is -14.2. The van der Waals surface area contributed by atoms with Crippen molar-refractivity contribution in [3.63, 3.8) is 0 Å². The molecular formula is C66H20BCl3F10N24O2. The molecule has 0 saturated carbocycles. The van der Waals surface area contributed by atoms with Crippen molar-refractivity contribution in [3.8, 4) is 70.6 Å². The zero-order valence-corrected chi connectivity index (χ0v) is 54.9. The minimum absolute atomic E-state index is 0.0124. The van der Waals surface area contributed by atoms with E-state index < -0.39 is 111 Å². The van der Waals surface area contributed by atoms with Gasteiger partial charge in [-0.25, -0.2) is 113 Å². The van der Waals surface area contributed by atoms with Gasteiger partial charge in [-0.1, -0.05) is 12.1 Å². The van der Waals surface area contributed by atoms with E-state index in [4.69, 9.17) is 80.9 Å². The van der Waals surface area contributed by atoms with Crippen LogP contribution in [0.3, 0.4) is 0 Å². The lowest BCUT2D eigenvalue weighted by molar-refractivity contribution is 0.00578. The largest absolute Gasteiger partial charge is 0.496 e. The Morgan fingerprint density at radius 2 is 0.755 bits per heavy atom. The number of rotatable bonds is 6. The van der Waals surface area contributed by atoms with Gasteiger partial charge >= 0.3 is 12.8 Å². The van der Waals surface area contributed by atoms with Crippen molar-refractivity contribution < 1.29 is 53.2 Å². The summed E-state index contributed by atoms with van der Waals surface area (Å²) in [6.45, 7) is 37.2. The van der Waals surface area contributed by atoms with Crippen LogP contribution in [0.4, 0.5) is 49.6 Å². The molecule has 40 heteroatoms. The summed E-state index contributed by atoms with van der Waals surface area (Å²) in [5, 5.41) is 56.1. The fourth-order valence-electron chi connectivity index (χ4n) is 10.1. The van der Waals surface area contributed by atoms with E-state index in [0.29, 0.717) is 16.2 Å². The van der Waals surface area contributed by atoms with Crippen molar-refractivity contribution in [1.82, 2.24) is 29.9 Å². The number of allylic oxidation sites excluding steroid dienone is 2. The van der Waals surface area contributed by atoms with E-state index in [-0.39, 0.29) is 127 Å². The summed E-state index contributed by atoms with van der Waals surface area (Å²) in [6, 6.07) is 22.5. The molecule has 0 amide bonds. The summed E-state index contributed by atoms with van der Waals surface area (Å²) in [6.07, 6.45) is 0. The Balaban J connectivity index is 0.000000168. The number of aromatic nitrogens is 6. The number of nitriles is 6. The highest BCUT2D eigenvalue weighted by Gasteiger charge is 2.52. The first-order valence-corrected chi connectivity index (χ1v) is 29.8. The van der Waals surface area contributed by atoms with E-state index in [1.807, 2.05) is 39.8 Å². The van der Waals surface area contributed by atoms with Crippen molar-refractivity contribution in [2.75, 3.05) is 0 Å². The second-order valence-electron chi connectivity index (χ2n) is 22.1. The van der Waals surface area contributed by atoms with E-state index in [1.165, 1.54) is 36.4 Å². The quantitative estimate of drug-likeness (QED) is 0.0376. The number of hydrogen-bond acceptors (Lipinski definition) is 22. The summed E-state index contributed by atoms with van der Waals surface area (Å²) in [5.41, 5.74) is -6.41. The molecule has 0 atom stereocenters. The number of benzene rings is 6. The minimum Gasteiger partial charge on any atom is -0.399 e. The first-order valence-electron chi connectivity index (χ1n) is 28.7. The van der Waals surface area contributed by atoms with Crippen molar-refractivity contribution in [2.24, 2.45) is 39.9 Å². The lowest BCUT2D eigenvalue weighted by atomic mass is 9.76. The Morgan fingerprint density at radius 3 is 1.16 bits per heavy atom. The van der Waals surface area contributed by atoms with Gasteiger partial charge in [0.2, 0.25) is 32.9 Å². The monoisotopic (exact) mass is 1490 g/mol. The molecule has 7 heterocycles. The SMILES string of the molecule is CC1(C)OB(c2ccc3c(c2C#N)=NC(=C(C#N)C#N)N=3)OC1(C)C.[C-]#[N+]/C(=C1\N=c2ccc(-c3nc(Cl)nc(Cl)n3)c(C#N)c2=N1)c1c(F)c(F)c(F)c(F)c1F.[C-]#[N+]/C(C#N)=C1/N=c2ccc(-c3nc(Cl)nc(-c4ccc5c(c4C#N)=N/C(=C(/[N+]#[C-])c4c(F)c(F)c(F)c(F)c4F)N=5)n3)c([N+]#[C-])c2=N1. The standard InChI is InChI=1S/C30H4ClF5N12.C19H2Cl2F5N7.C17H14BN5O2/c1-39-15(9-38)28-42-14-7-5-11(23(40-2)24(14)45-28)27-46-26(47-30(31)48-27)10-4-6-13-22(12(10)8-37)44-29(43-13)25(41-3)16-17(32)19(34)21(36)20(35)18(16)33;1-28-15(8-9(22)11(24)13(26)12(25)10(8)23)17-29-7-3-2-5(6(4-27)14(7)30-17)16-31-18(20)33-19(21)32-16;1-16(2)17(3,4)25-18(24-16)12-5-6-13-14(11(12)9-21)23-15(22-13)10(7-19)8-20/h4-7H;2-3H;5-6H,1-4H3/b28-15-,29-25+;17-15+;. The molecule has 2 aromatic heterocycles. The lowest BCUT2D eigenvalue weighted by Crippen LogP contribution is -2.42. The van der Waals surface area contributed by atoms with Crippen LogP contribution in [0.2, 0.25) is 15.9 Å². The molecule has 8 aromatic rings. The van der Waals surface area contributed by atoms with Crippen LogP contribution in [0.5, 0.6) is 0 Å². The van der Waals surface area contributed by atoms with Crippen molar-refractivity contribution >= 4 is 64.5 Å². The summed E-state index contributed by atoms with van der Waals surface area (Å²) in [5.74, 6) is -24.8. The summed E-state index contributed by atoms with van der Waals surface area (Å²) in [7, 11) is -0.709. The zero-order chi connectivity index (χ0) is 76.9. The number of nitrogens with zero attached hydrogens (tertiary/aromatic N) is 24. The van der Waals surface area contributed by atoms with Gasteiger partial charge in [0, 0.05) is 22.2 Å². The summed E-state index contributed by atoms with van der Waals surface area (Å²) >= 11 is 17.7. The molecule has 0 N–H and O–H groups in total. The van der Waals surface area contributed by atoms with E-state index >= 15 is 0 Å². The van der Waals surface area contributed by atoms with Crippen LogP contribution >= 0.6 is 34.8 Å². The summed E-state index contributed by atoms with van der Waals surface area (Å²) in [4.78, 5) is 68.7. The molecule has 0 bridgehead atoms. The molecule has 0 spiro atoms. The molecule has 0 aliphatic carbocycles. The van der Waals surface area contributed by atoms with Gasteiger partial charge in [-0.2, -0.15) is 51.2 Å². The molecule has 5 aliphatic rings. The zero-order valence-electron chi connectivity index (χ0n) is 52.7. The van der Waals surface area contributed by atoms with Crippen LogP contribution in [-0.2, 0) is 9.31 Å². The molecule has 1 fully saturated rings. The summed E-state index contributed by atoms with van der Waals surface area (Å²) < 4.78 is 152. The highest BCUT2D eigenvalue weighted by molar-refractivity contribution is 6.62. The maximum Gasteiger partial charge on any atom is 0.496 e. The molecule has 106 heavy (non-hydrogen) atoms. The van der Waals surface area contributed by atoms with Crippen molar-refractivity contribution in [2.45, 2.75) is 38.9 Å². The number of fused-ring (bicyclic) bond motifs is 4. The first-order chi connectivity index (χ1) is 50.5. The Morgan fingerprint density at radius 1 is 0.406 bits per heavy atom.